The molecule has 0 fully saturated rings. The molecule has 0 radical (unpaired) electrons. The highest BCUT2D eigenvalue weighted by molar-refractivity contribution is 14.1. The van der Waals surface area contributed by atoms with Crippen molar-refractivity contribution in [1.82, 2.24) is 5.48 Å². The molecule has 0 aromatic heterocycles. The van der Waals surface area contributed by atoms with Gasteiger partial charge in [-0.15, -0.1) is 0 Å². The molecule has 0 heterocycles. The van der Waals surface area contributed by atoms with Crippen molar-refractivity contribution < 1.29 is 32.7 Å². The highest BCUT2D eigenvalue weighted by atomic mass is 127. The minimum absolute atomic E-state index is 0.163. The number of carbonyl (C=O) groups is 1. The lowest BCUT2D eigenvalue weighted by Gasteiger charge is -2.15. The number of nitrogens with zero attached hydrogens (tertiary/aromatic N) is 1. The summed E-state index contributed by atoms with van der Waals surface area (Å²) in [4.78, 5) is 22.1. The van der Waals surface area contributed by atoms with Crippen LogP contribution in [0.15, 0.2) is 29.4 Å². The molecule has 0 aliphatic carbocycles. The van der Waals surface area contributed by atoms with E-state index in [2.05, 4.69) is 10.5 Å². The van der Waals surface area contributed by atoms with E-state index in [-0.39, 0.29) is 36.1 Å². The zero-order valence-corrected chi connectivity index (χ0v) is 18.2. The lowest BCUT2D eigenvalue weighted by Crippen LogP contribution is -2.26. The van der Waals surface area contributed by atoms with Gasteiger partial charge in [-0.3, -0.25) is 9.63 Å². The Balaban J connectivity index is 2.50. The first-order valence-electron chi connectivity index (χ1n) is 8.70. The average Bonchev–Trinajstić information content (AvgIpc) is 2.68. The lowest BCUT2D eigenvalue weighted by molar-refractivity contribution is 0.0168. The molecule has 0 bridgehead atoms. The van der Waals surface area contributed by atoms with Gasteiger partial charge >= 0.3 is 0 Å². The predicted molar refractivity (Wildman–Crippen MR) is 113 cm³/mol. The van der Waals surface area contributed by atoms with Crippen molar-refractivity contribution in [1.29, 1.82) is 0 Å². The molecule has 0 saturated heterocycles. The Kier molecular flexibility index (Phi) is 8.87. The molecule has 0 aliphatic heterocycles. The molecule has 0 spiro atoms. The summed E-state index contributed by atoms with van der Waals surface area (Å²) in [6.45, 7) is 2.78. The first-order chi connectivity index (χ1) is 14.2. The second kappa shape index (κ2) is 11.1. The Morgan fingerprint density at radius 2 is 2.00 bits per heavy atom. The molecule has 0 unspecified atom stereocenters. The van der Waals surface area contributed by atoms with Crippen molar-refractivity contribution in [3.05, 3.63) is 56.4 Å². The van der Waals surface area contributed by atoms with E-state index < -0.39 is 29.0 Å². The van der Waals surface area contributed by atoms with Crippen LogP contribution in [0, 0.1) is 21.0 Å². The maximum atomic E-state index is 14.8. The number of oxime groups is 1. The van der Waals surface area contributed by atoms with Gasteiger partial charge in [0.1, 0.15) is 11.9 Å². The average molecular weight is 537 g/mol. The van der Waals surface area contributed by atoms with Crippen LogP contribution < -0.4 is 10.8 Å². The number of hydrogen-bond acceptors (Lipinski definition) is 6. The van der Waals surface area contributed by atoms with Crippen LogP contribution in [-0.2, 0) is 9.68 Å². The number of anilines is 2. The van der Waals surface area contributed by atoms with Crippen molar-refractivity contribution in [3.63, 3.8) is 0 Å². The van der Waals surface area contributed by atoms with E-state index in [1.807, 2.05) is 28.1 Å². The van der Waals surface area contributed by atoms with Crippen molar-refractivity contribution in [2.75, 3.05) is 18.5 Å². The number of rotatable bonds is 9. The molecule has 0 atom stereocenters. The van der Waals surface area contributed by atoms with Crippen LogP contribution in [0.3, 0.4) is 0 Å². The first-order valence-corrected chi connectivity index (χ1v) is 9.78. The summed E-state index contributed by atoms with van der Waals surface area (Å²) < 4.78 is 44.2. The molecule has 2 rings (SSSR count). The third-order valence-corrected chi connectivity index (χ3v) is 4.16. The number of halogens is 4. The topological polar surface area (TPSA) is 92.2 Å². The number of hydroxylamine groups is 1. The van der Waals surface area contributed by atoms with Crippen LogP contribution >= 0.6 is 22.6 Å². The van der Waals surface area contributed by atoms with Crippen molar-refractivity contribution >= 4 is 46.1 Å². The van der Waals surface area contributed by atoms with Gasteiger partial charge in [0.05, 0.1) is 36.4 Å². The maximum Gasteiger partial charge on any atom is 0.277 e. The summed E-state index contributed by atoms with van der Waals surface area (Å²) >= 11 is 1.89. The molecule has 0 saturated carbocycles. The number of aliphatic hydroxyl groups excluding tert-OH is 1. The van der Waals surface area contributed by atoms with E-state index in [9.17, 15) is 18.0 Å². The van der Waals surface area contributed by atoms with Crippen LogP contribution in [0.4, 0.5) is 24.5 Å². The van der Waals surface area contributed by atoms with Gasteiger partial charge in [0.2, 0.25) is 0 Å². The summed E-state index contributed by atoms with van der Waals surface area (Å²) in [5.41, 5.74) is 0.493. The number of aliphatic hydroxyl groups is 1. The summed E-state index contributed by atoms with van der Waals surface area (Å²) in [6, 6.07) is 5.07. The van der Waals surface area contributed by atoms with Crippen LogP contribution in [0.5, 0.6) is 0 Å². The fourth-order valence-corrected chi connectivity index (χ4v) is 2.65. The van der Waals surface area contributed by atoms with E-state index in [0.29, 0.717) is 3.57 Å². The minimum atomic E-state index is -1.42. The van der Waals surface area contributed by atoms with Gasteiger partial charge in [-0.05, 0) is 60.7 Å². The fourth-order valence-electron chi connectivity index (χ4n) is 2.19. The number of hydrogen-bond donors (Lipinski definition) is 3. The summed E-state index contributed by atoms with van der Waals surface area (Å²) in [5, 5.41) is 14.7. The van der Waals surface area contributed by atoms with E-state index in [4.69, 9.17) is 14.8 Å². The molecule has 11 heteroatoms. The van der Waals surface area contributed by atoms with Crippen LogP contribution in [-0.4, -0.2) is 36.5 Å². The highest BCUT2D eigenvalue weighted by Crippen LogP contribution is 2.30. The van der Waals surface area contributed by atoms with Gasteiger partial charge in [0.25, 0.3) is 5.91 Å². The highest BCUT2D eigenvalue weighted by Gasteiger charge is 2.23. The van der Waals surface area contributed by atoms with Crippen LogP contribution in [0.25, 0.3) is 0 Å². The van der Waals surface area contributed by atoms with Crippen LogP contribution in [0.2, 0.25) is 0 Å². The SMILES string of the molecule is CC(C)ON=Cc1cc(C(=O)NOCCO)c(Nc2ccc(I)cc2F)c(F)c1F. The van der Waals surface area contributed by atoms with Gasteiger partial charge in [0.15, 0.2) is 11.6 Å². The van der Waals surface area contributed by atoms with Crippen LogP contribution in [0.1, 0.15) is 29.8 Å². The zero-order valence-electron chi connectivity index (χ0n) is 16.0. The summed E-state index contributed by atoms with van der Waals surface area (Å²) in [6.07, 6.45) is 0.618. The maximum absolute atomic E-state index is 14.8. The molecule has 1 amide bonds. The normalized spacial score (nSPS) is 11.2. The largest absolute Gasteiger partial charge is 0.394 e. The first kappa shape index (κ1) is 23.9. The standard InChI is InChI=1S/C19H19F3IN3O4/c1-10(2)30-24-9-11-7-13(19(28)26-29-6-5-27)18(17(22)16(11)21)25-15-4-3-12(23)8-14(15)20/h3-4,7-10,25,27H,5-6H2,1-2H3,(H,26,28). The molecule has 3 N–H and O–H groups in total. The molecule has 2 aromatic rings. The minimum Gasteiger partial charge on any atom is -0.394 e. The lowest BCUT2D eigenvalue weighted by atomic mass is 10.1. The van der Waals surface area contributed by atoms with Crippen molar-refractivity contribution in [2.45, 2.75) is 20.0 Å². The zero-order chi connectivity index (χ0) is 22.3. The molecular weight excluding hydrogens is 518 g/mol. The van der Waals surface area contributed by atoms with E-state index in [1.165, 1.54) is 12.1 Å². The van der Waals surface area contributed by atoms with E-state index in [1.54, 1.807) is 19.9 Å². The van der Waals surface area contributed by atoms with Crippen molar-refractivity contribution in [2.24, 2.45) is 5.16 Å². The Labute approximate surface area is 184 Å². The van der Waals surface area contributed by atoms with Gasteiger partial charge in [0, 0.05) is 9.13 Å². The Morgan fingerprint density at radius 1 is 1.27 bits per heavy atom. The number of benzene rings is 2. The Hall–Kier alpha value is -2.38. The Bertz CT molecular complexity index is 942. The summed E-state index contributed by atoms with van der Waals surface area (Å²) in [5.74, 6) is -4.41. The van der Waals surface area contributed by atoms with E-state index >= 15 is 0 Å². The van der Waals surface area contributed by atoms with E-state index in [0.717, 1.165) is 12.3 Å². The van der Waals surface area contributed by atoms with Gasteiger partial charge < -0.3 is 15.3 Å². The quantitative estimate of drug-likeness (QED) is 0.196. The summed E-state index contributed by atoms with van der Waals surface area (Å²) in [7, 11) is 0. The molecule has 2 aromatic carbocycles. The second-order valence-electron chi connectivity index (χ2n) is 6.16. The second-order valence-corrected chi connectivity index (χ2v) is 7.40. The molecule has 0 aliphatic rings. The molecule has 30 heavy (non-hydrogen) atoms. The number of amides is 1. The third-order valence-electron chi connectivity index (χ3n) is 3.49. The van der Waals surface area contributed by atoms with Gasteiger partial charge in [-0.25, -0.2) is 18.7 Å². The third kappa shape index (κ3) is 6.31. The molecule has 162 valence electrons. The molecule has 7 nitrogen and oxygen atoms in total. The smallest absolute Gasteiger partial charge is 0.277 e. The predicted octanol–water partition coefficient (Wildman–Crippen LogP) is 3.86. The number of carbonyl (C=O) groups excluding carboxylic acids is 1. The fraction of sp³-hybridized carbons (Fsp3) is 0.263. The molecular formula is C19H19F3IN3O4. The Morgan fingerprint density at radius 3 is 2.63 bits per heavy atom. The van der Waals surface area contributed by atoms with Gasteiger partial charge in [-0.2, -0.15) is 0 Å². The van der Waals surface area contributed by atoms with Crippen molar-refractivity contribution in [3.8, 4) is 0 Å². The number of nitrogens with one attached hydrogen (secondary N) is 2. The monoisotopic (exact) mass is 537 g/mol. The van der Waals surface area contributed by atoms with Gasteiger partial charge in [-0.1, -0.05) is 5.16 Å².